The number of nitrogens with zero attached hydrogens (tertiary/aromatic N) is 1. The first-order chi connectivity index (χ1) is 6.11. The van der Waals surface area contributed by atoms with Gasteiger partial charge in [0.05, 0.1) is 5.69 Å². The van der Waals surface area contributed by atoms with E-state index in [-0.39, 0.29) is 5.91 Å². The van der Waals surface area contributed by atoms with Crippen LogP contribution in [0.15, 0.2) is 18.2 Å². The SMILES string of the molecule is CN1C(=O)C(N)c2ccc(Cl)cc21. The maximum absolute atomic E-state index is 11.4. The van der Waals surface area contributed by atoms with Gasteiger partial charge < -0.3 is 10.6 Å². The fourth-order valence-corrected chi connectivity index (χ4v) is 1.70. The number of rotatable bonds is 0. The van der Waals surface area contributed by atoms with Gasteiger partial charge in [-0.15, -0.1) is 0 Å². The van der Waals surface area contributed by atoms with E-state index in [0.29, 0.717) is 5.02 Å². The van der Waals surface area contributed by atoms with Crippen molar-refractivity contribution in [2.24, 2.45) is 5.73 Å². The number of nitrogens with two attached hydrogens (primary N) is 1. The molecular formula is C9H9ClN2O. The lowest BCUT2D eigenvalue weighted by molar-refractivity contribution is -0.118. The number of hydrogen-bond donors (Lipinski definition) is 1. The lowest BCUT2D eigenvalue weighted by atomic mass is 10.1. The van der Waals surface area contributed by atoms with Crippen molar-refractivity contribution in [1.82, 2.24) is 0 Å². The number of fused-ring (bicyclic) bond motifs is 1. The summed E-state index contributed by atoms with van der Waals surface area (Å²) in [7, 11) is 1.70. The summed E-state index contributed by atoms with van der Waals surface area (Å²) in [5.74, 6) is -0.0859. The molecule has 1 amide bonds. The van der Waals surface area contributed by atoms with Crippen molar-refractivity contribution in [3.8, 4) is 0 Å². The molecule has 1 atom stereocenters. The molecule has 1 aromatic rings. The van der Waals surface area contributed by atoms with E-state index in [1.165, 1.54) is 4.90 Å². The number of amides is 1. The molecule has 0 radical (unpaired) electrons. The van der Waals surface area contributed by atoms with Crippen LogP contribution in [0.2, 0.25) is 5.02 Å². The molecule has 0 spiro atoms. The molecule has 1 aliphatic rings. The molecule has 4 heteroatoms. The van der Waals surface area contributed by atoms with Crippen LogP contribution in [-0.2, 0) is 4.79 Å². The number of benzene rings is 1. The molecule has 0 saturated heterocycles. The minimum atomic E-state index is -0.530. The zero-order valence-corrected chi connectivity index (χ0v) is 7.88. The number of anilines is 1. The van der Waals surface area contributed by atoms with Crippen molar-refractivity contribution >= 4 is 23.2 Å². The van der Waals surface area contributed by atoms with Crippen LogP contribution in [0.3, 0.4) is 0 Å². The van der Waals surface area contributed by atoms with Crippen LogP contribution in [0.5, 0.6) is 0 Å². The zero-order valence-electron chi connectivity index (χ0n) is 7.12. The minimum Gasteiger partial charge on any atom is -0.316 e. The summed E-state index contributed by atoms with van der Waals surface area (Å²) >= 11 is 5.81. The Hall–Kier alpha value is -1.06. The van der Waals surface area contributed by atoms with E-state index >= 15 is 0 Å². The van der Waals surface area contributed by atoms with Crippen LogP contribution >= 0.6 is 11.6 Å². The monoisotopic (exact) mass is 196 g/mol. The summed E-state index contributed by atoms with van der Waals surface area (Å²) in [4.78, 5) is 13.0. The van der Waals surface area contributed by atoms with Crippen LogP contribution in [0.25, 0.3) is 0 Å². The smallest absolute Gasteiger partial charge is 0.248 e. The van der Waals surface area contributed by atoms with E-state index in [4.69, 9.17) is 17.3 Å². The number of carbonyl (C=O) groups excluding carboxylic acids is 1. The molecule has 2 rings (SSSR count). The van der Waals surface area contributed by atoms with Gasteiger partial charge in [-0.1, -0.05) is 17.7 Å². The van der Waals surface area contributed by atoms with Gasteiger partial charge in [-0.3, -0.25) is 4.79 Å². The average molecular weight is 197 g/mol. The Morgan fingerprint density at radius 2 is 2.23 bits per heavy atom. The van der Waals surface area contributed by atoms with E-state index in [1.807, 2.05) is 0 Å². The first-order valence-electron chi connectivity index (χ1n) is 3.94. The molecular weight excluding hydrogens is 188 g/mol. The van der Waals surface area contributed by atoms with Crippen molar-refractivity contribution in [2.45, 2.75) is 6.04 Å². The van der Waals surface area contributed by atoms with Gasteiger partial charge in [-0.05, 0) is 12.1 Å². The Morgan fingerprint density at radius 1 is 1.54 bits per heavy atom. The van der Waals surface area contributed by atoms with Crippen molar-refractivity contribution < 1.29 is 4.79 Å². The molecule has 0 fully saturated rings. The van der Waals surface area contributed by atoms with E-state index in [1.54, 1.807) is 25.2 Å². The number of likely N-dealkylation sites (N-methyl/N-ethyl adjacent to an activating group) is 1. The molecule has 0 bridgehead atoms. The van der Waals surface area contributed by atoms with Crippen molar-refractivity contribution in [3.63, 3.8) is 0 Å². The first kappa shape index (κ1) is 8.53. The molecule has 0 aliphatic carbocycles. The Morgan fingerprint density at radius 3 is 2.92 bits per heavy atom. The van der Waals surface area contributed by atoms with Gasteiger partial charge in [0.25, 0.3) is 0 Å². The Kier molecular flexibility index (Phi) is 1.78. The molecule has 1 aromatic carbocycles. The highest BCUT2D eigenvalue weighted by Gasteiger charge is 2.31. The largest absolute Gasteiger partial charge is 0.316 e. The van der Waals surface area contributed by atoms with Crippen molar-refractivity contribution in [2.75, 3.05) is 11.9 Å². The molecule has 3 nitrogen and oxygen atoms in total. The quantitative estimate of drug-likeness (QED) is 0.680. The van der Waals surface area contributed by atoms with E-state index in [0.717, 1.165) is 11.3 Å². The van der Waals surface area contributed by atoms with Gasteiger partial charge >= 0.3 is 0 Å². The summed E-state index contributed by atoms with van der Waals surface area (Å²) in [5.41, 5.74) is 7.35. The first-order valence-corrected chi connectivity index (χ1v) is 4.31. The van der Waals surface area contributed by atoms with Gasteiger partial charge in [-0.2, -0.15) is 0 Å². The molecule has 1 aliphatic heterocycles. The van der Waals surface area contributed by atoms with E-state index in [2.05, 4.69) is 0 Å². The fraction of sp³-hybridized carbons (Fsp3) is 0.222. The highest BCUT2D eigenvalue weighted by molar-refractivity contribution is 6.31. The lowest BCUT2D eigenvalue weighted by Gasteiger charge is -2.09. The second kappa shape index (κ2) is 2.72. The zero-order chi connectivity index (χ0) is 9.59. The number of halogens is 1. The summed E-state index contributed by atoms with van der Waals surface area (Å²) in [6, 6.07) is 4.76. The molecule has 0 aromatic heterocycles. The third-order valence-corrected chi connectivity index (χ3v) is 2.52. The average Bonchev–Trinajstić information content (AvgIpc) is 2.32. The Labute approximate surface area is 81.1 Å². The van der Waals surface area contributed by atoms with Crippen LogP contribution in [0.1, 0.15) is 11.6 Å². The third kappa shape index (κ3) is 1.12. The van der Waals surface area contributed by atoms with E-state index in [9.17, 15) is 4.79 Å². The van der Waals surface area contributed by atoms with E-state index < -0.39 is 6.04 Å². The lowest BCUT2D eigenvalue weighted by Crippen LogP contribution is -2.27. The predicted octanol–water partition coefficient (Wildman–Crippen LogP) is 1.32. The highest BCUT2D eigenvalue weighted by Crippen LogP contribution is 2.34. The van der Waals surface area contributed by atoms with Gasteiger partial charge in [0, 0.05) is 17.6 Å². The molecule has 0 saturated carbocycles. The topological polar surface area (TPSA) is 46.3 Å². The second-order valence-electron chi connectivity index (χ2n) is 3.08. The van der Waals surface area contributed by atoms with Gasteiger partial charge in [0.1, 0.15) is 6.04 Å². The van der Waals surface area contributed by atoms with Gasteiger partial charge in [0.15, 0.2) is 0 Å². The number of hydrogen-bond acceptors (Lipinski definition) is 2. The molecule has 68 valence electrons. The molecule has 13 heavy (non-hydrogen) atoms. The van der Waals surface area contributed by atoms with Gasteiger partial charge in [-0.25, -0.2) is 0 Å². The second-order valence-corrected chi connectivity index (χ2v) is 3.51. The summed E-state index contributed by atoms with van der Waals surface area (Å²) in [5, 5.41) is 0.618. The molecule has 2 N–H and O–H groups in total. The van der Waals surface area contributed by atoms with Gasteiger partial charge in [0.2, 0.25) is 5.91 Å². The number of carbonyl (C=O) groups is 1. The Bertz CT molecular complexity index is 378. The normalized spacial score (nSPS) is 20.7. The van der Waals surface area contributed by atoms with Crippen LogP contribution < -0.4 is 10.6 Å². The highest BCUT2D eigenvalue weighted by atomic mass is 35.5. The maximum atomic E-state index is 11.4. The maximum Gasteiger partial charge on any atom is 0.248 e. The van der Waals surface area contributed by atoms with Crippen molar-refractivity contribution in [3.05, 3.63) is 28.8 Å². The predicted molar refractivity (Wildman–Crippen MR) is 51.8 cm³/mol. The minimum absolute atomic E-state index is 0.0859. The third-order valence-electron chi connectivity index (χ3n) is 2.29. The summed E-state index contributed by atoms with van der Waals surface area (Å²) in [6.45, 7) is 0. The summed E-state index contributed by atoms with van der Waals surface area (Å²) in [6.07, 6.45) is 0. The van der Waals surface area contributed by atoms with Crippen LogP contribution in [0.4, 0.5) is 5.69 Å². The molecule has 1 unspecified atom stereocenters. The summed E-state index contributed by atoms with van der Waals surface area (Å²) < 4.78 is 0. The fourth-order valence-electron chi connectivity index (χ4n) is 1.53. The van der Waals surface area contributed by atoms with Crippen LogP contribution in [0, 0.1) is 0 Å². The van der Waals surface area contributed by atoms with Crippen molar-refractivity contribution in [1.29, 1.82) is 0 Å². The molecule has 1 heterocycles. The standard InChI is InChI=1S/C9H9ClN2O/c1-12-7-4-5(10)2-3-6(7)8(11)9(12)13/h2-4,8H,11H2,1H3. The Balaban J connectivity index is 2.60. The van der Waals surface area contributed by atoms with Crippen LogP contribution in [-0.4, -0.2) is 13.0 Å².